The van der Waals surface area contributed by atoms with E-state index in [4.69, 9.17) is 4.74 Å². The van der Waals surface area contributed by atoms with Gasteiger partial charge >= 0.3 is 6.18 Å². The molecule has 0 aromatic rings. The quantitative estimate of drug-likeness (QED) is 0.315. The molecule has 2 aliphatic heterocycles. The van der Waals surface area contributed by atoms with Crippen LogP contribution in [-0.2, 0) is 9.53 Å². The van der Waals surface area contributed by atoms with Gasteiger partial charge in [0, 0.05) is 46.4 Å². The molecule has 2 fully saturated rings. The van der Waals surface area contributed by atoms with E-state index in [1.807, 2.05) is 0 Å². The number of likely N-dealkylation sites (N-methyl/N-ethyl adjacent to an activating group) is 1. The molecule has 2 aliphatic rings. The molecule has 7 nitrogen and oxygen atoms in total. The van der Waals surface area contributed by atoms with E-state index in [1.165, 1.54) is 9.80 Å². The highest BCUT2D eigenvalue weighted by molar-refractivity contribution is 14.0. The van der Waals surface area contributed by atoms with Gasteiger partial charge in [0.2, 0.25) is 5.91 Å². The van der Waals surface area contributed by atoms with Gasteiger partial charge in [-0.1, -0.05) is 0 Å². The fraction of sp³-hybridized carbons (Fsp3) is 0.882. The van der Waals surface area contributed by atoms with Crippen LogP contribution < -0.4 is 10.6 Å². The minimum absolute atomic E-state index is 0. The lowest BCUT2D eigenvalue weighted by molar-refractivity contribution is -0.143. The second-order valence-corrected chi connectivity index (χ2v) is 7.30. The lowest BCUT2D eigenvalue weighted by Crippen LogP contribution is -2.48. The summed E-state index contributed by atoms with van der Waals surface area (Å²) in [4.78, 5) is 18.9. The van der Waals surface area contributed by atoms with Gasteiger partial charge in [0.05, 0.1) is 12.6 Å². The standard InChI is InChI=1S/C17H30F3N5O2.HI/c1-24(2)15(26)10-22-16(21-9-14-5-3-4-8-27-14)23-13-6-7-25(11-13)12-17(18,19)20;/h13-14H,3-12H2,1-2H3,(H2,21,22,23);1H. The summed E-state index contributed by atoms with van der Waals surface area (Å²) in [6.45, 7) is 1.04. The second-order valence-electron chi connectivity index (χ2n) is 7.30. The van der Waals surface area contributed by atoms with E-state index >= 15 is 0 Å². The zero-order valence-corrected chi connectivity index (χ0v) is 18.8. The van der Waals surface area contributed by atoms with Crippen LogP contribution in [0.1, 0.15) is 25.7 Å². The number of halogens is 4. The third kappa shape index (κ3) is 9.59. The minimum atomic E-state index is -4.19. The first kappa shape index (κ1) is 25.2. The smallest absolute Gasteiger partial charge is 0.376 e. The molecule has 2 atom stereocenters. The van der Waals surface area contributed by atoms with Gasteiger partial charge in [0.15, 0.2) is 5.96 Å². The van der Waals surface area contributed by atoms with Gasteiger partial charge in [0.1, 0.15) is 6.54 Å². The van der Waals surface area contributed by atoms with Gasteiger partial charge in [-0.15, -0.1) is 24.0 Å². The molecule has 2 heterocycles. The Morgan fingerprint density at radius 2 is 2.04 bits per heavy atom. The summed E-state index contributed by atoms with van der Waals surface area (Å²) in [7, 11) is 3.31. The fourth-order valence-corrected chi connectivity index (χ4v) is 3.16. The van der Waals surface area contributed by atoms with Crippen LogP contribution in [0.25, 0.3) is 0 Å². The number of guanidine groups is 1. The molecule has 0 bridgehead atoms. The molecule has 0 saturated carbocycles. The van der Waals surface area contributed by atoms with Crippen LogP contribution in [0.3, 0.4) is 0 Å². The fourth-order valence-electron chi connectivity index (χ4n) is 3.16. The number of nitrogens with zero attached hydrogens (tertiary/aromatic N) is 3. The summed E-state index contributed by atoms with van der Waals surface area (Å²) in [5.41, 5.74) is 0. The number of nitrogens with one attached hydrogen (secondary N) is 2. The number of rotatable bonds is 6. The topological polar surface area (TPSA) is 69.2 Å². The van der Waals surface area contributed by atoms with Crippen molar-refractivity contribution < 1.29 is 22.7 Å². The third-order valence-corrected chi connectivity index (χ3v) is 4.66. The van der Waals surface area contributed by atoms with Crippen LogP contribution in [0.5, 0.6) is 0 Å². The van der Waals surface area contributed by atoms with Crippen molar-refractivity contribution in [1.82, 2.24) is 20.4 Å². The number of amides is 1. The molecule has 2 rings (SSSR count). The van der Waals surface area contributed by atoms with Crippen molar-refractivity contribution in [1.29, 1.82) is 0 Å². The van der Waals surface area contributed by atoms with E-state index in [1.54, 1.807) is 14.1 Å². The highest BCUT2D eigenvalue weighted by atomic mass is 127. The van der Waals surface area contributed by atoms with Crippen LogP contribution in [0.2, 0.25) is 0 Å². The molecule has 2 unspecified atom stereocenters. The number of hydrogen-bond acceptors (Lipinski definition) is 4. The van der Waals surface area contributed by atoms with Gasteiger partial charge < -0.3 is 20.3 Å². The Labute approximate surface area is 181 Å². The molecule has 0 aromatic carbocycles. The number of hydrogen-bond donors (Lipinski definition) is 2. The molecule has 2 N–H and O–H groups in total. The molecular formula is C17H31F3IN5O2. The first-order valence-electron chi connectivity index (χ1n) is 9.38. The van der Waals surface area contributed by atoms with E-state index < -0.39 is 12.7 Å². The number of ether oxygens (including phenoxy) is 1. The number of carbonyl (C=O) groups is 1. The molecular weight excluding hydrogens is 490 g/mol. The molecule has 164 valence electrons. The first-order chi connectivity index (χ1) is 12.7. The summed E-state index contributed by atoms with van der Waals surface area (Å²) in [5.74, 6) is 0.299. The third-order valence-electron chi connectivity index (χ3n) is 4.66. The van der Waals surface area contributed by atoms with Crippen LogP contribution in [0, 0.1) is 0 Å². The zero-order chi connectivity index (χ0) is 19.9. The van der Waals surface area contributed by atoms with Crippen LogP contribution in [0.15, 0.2) is 4.99 Å². The van der Waals surface area contributed by atoms with E-state index in [0.29, 0.717) is 32.0 Å². The summed E-state index contributed by atoms with van der Waals surface area (Å²) < 4.78 is 43.3. The van der Waals surface area contributed by atoms with Crippen LogP contribution in [0.4, 0.5) is 13.2 Å². The maximum Gasteiger partial charge on any atom is 0.401 e. The highest BCUT2D eigenvalue weighted by Crippen LogP contribution is 2.20. The number of aliphatic imine (C=N–C) groups is 1. The minimum Gasteiger partial charge on any atom is -0.376 e. The van der Waals surface area contributed by atoms with Crippen molar-refractivity contribution >= 4 is 35.8 Å². The van der Waals surface area contributed by atoms with Crippen molar-refractivity contribution in [3.8, 4) is 0 Å². The Hall–Kier alpha value is -0.820. The summed E-state index contributed by atoms with van der Waals surface area (Å²) >= 11 is 0. The lowest BCUT2D eigenvalue weighted by Gasteiger charge is -2.25. The Morgan fingerprint density at radius 1 is 1.29 bits per heavy atom. The van der Waals surface area contributed by atoms with Gasteiger partial charge in [-0.3, -0.25) is 9.69 Å². The Kier molecular flexibility index (Phi) is 10.8. The van der Waals surface area contributed by atoms with Gasteiger partial charge in [-0.25, -0.2) is 4.99 Å². The molecule has 0 spiro atoms. The second kappa shape index (κ2) is 12.0. The predicted octanol–water partition coefficient (Wildman–Crippen LogP) is 1.43. The summed E-state index contributed by atoms with van der Waals surface area (Å²) in [6, 6.07) is -0.139. The Morgan fingerprint density at radius 3 is 2.64 bits per heavy atom. The van der Waals surface area contributed by atoms with Crippen molar-refractivity contribution in [3.05, 3.63) is 0 Å². The van der Waals surface area contributed by atoms with E-state index in [2.05, 4.69) is 15.6 Å². The van der Waals surface area contributed by atoms with Crippen molar-refractivity contribution in [3.63, 3.8) is 0 Å². The predicted molar refractivity (Wildman–Crippen MR) is 112 cm³/mol. The molecule has 0 radical (unpaired) electrons. The lowest BCUT2D eigenvalue weighted by atomic mass is 10.1. The van der Waals surface area contributed by atoms with Crippen molar-refractivity contribution in [2.75, 3.05) is 53.4 Å². The summed E-state index contributed by atoms with van der Waals surface area (Å²) in [6.07, 6.45) is -0.385. The average molecular weight is 521 g/mol. The molecule has 0 aromatic heterocycles. The van der Waals surface area contributed by atoms with E-state index in [9.17, 15) is 18.0 Å². The van der Waals surface area contributed by atoms with E-state index in [-0.39, 0.29) is 48.6 Å². The molecule has 2 saturated heterocycles. The molecule has 11 heteroatoms. The largest absolute Gasteiger partial charge is 0.401 e. The maximum absolute atomic E-state index is 12.6. The monoisotopic (exact) mass is 521 g/mol. The van der Waals surface area contributed by atoms with Crippen molar-refractivity contribution in [2.45, 2.75) is 44.0 Å². The Bertz CT molecular complexity index is 514. The van der Waals surface area contributed by atoms with Crippen molar-refractivity contribution in [2.24, 2.45) is 4.99 Å². The number of carbonyl (C=O) groups excluding carboxylic acids is 1. The first-order valence-corrected chi connectivity index (χ1v) is 9.38. The highest BCUT2D eigenvalue weighted by Gasteiger charge is 2.34. The summed E-state index contributed by atoms with van der Waals surface area (Å²) in [5, 5.41) is 6.35. The van der Waals surface area contributed by atoms with Gasteiger partial charge in [0.25, 0.3) is 0 Å². The maximum atomic E-state index is 12.6. The molecule has 1 amide bonds. The van der Waals surface area contributed by atoms with E-state index in [0.717, 1.165) is 25.9 Å². The number of alkyl halides is 3. The zero-order valence-electron chi connectivity index (χ0n) is 16.4. The molecule has 28 heavy (non-hydrogen) atoms. The SMILES string of the molecule is CN(C)C(=O)CN=C(NCC1CCCCO1)NC1CCN(CC(F)(F)F)C1.I. The van der Waals surface area contributed by atoms with Gasteiger partial charge in [-0.2, -0.15) is 13.2 Å². The Balaban J connectivity index is 0.00000392. The number of likely N-dealkylation sites (tertiary alicyclic amines) is 1. The van der Waals surface area contributed by atoms with Crippen LogP contribution in [-0.4, -0.2) is 93.4 Å². The van der Waals surface area contributed by atoms with Gasteiger partial charge in [-0.05, 0) is 25.7 Å². The van der Waals surface area contributed by atoms with Crippen LogP contribution >= 0.6 is 24.0 Å². The normalized spacial score (nSPS) is 23.8. The average Bonchev–Trinajstić information content (AvgIpc) is 3.02. The molecule has 0 aliphatic carbocycles.